The van der Waals surface area contributed by atoms with E-state index in [4.69, 9.17) is 0 Å². The van der Waals surface area contributed by atoms with E-state index in [2.05, 4.69) is 4.90 Å². The van der Waals surface area contributed by atoms with Crippen LogP contribution in [-0.4, -0.2) is 42.5 Å². The highest BCUT2D eigenvalue weighted by Gasteiger charge is 2.24. The van der Waals surface area contributed by atoms with Crippen LogP contribution in [0.1, 0.15) is 12.8 Å². The lowest BCUT2D eigenvalue weighted by Gasteiger charge is -2.32. The van der Waals surface area contributed by atoms with E-state index in [-0.39, 0.29) is 12.0 Å². The third-order valence-corrected chi connectivity index (χ3v) is 2.30. The van der Waals surface area contributed by atoms with Crippen LogP contribution in [0.2, 0.25) is 0 Å². The Kier molecular flexibility index (Phi) is 3.02. The minimum atomic E-state index is -0.267. The Hall–Kier alpha value is -0.410. The van der Waals surface area contributed by atoms with Crippen LogP contribution in [0, 0.1) is 5.92 Å². The molecule has 1 aliphatic rings. The summed E-state index contributed by atoms with van der Waals surface area (Å²) in [7, 11) is 2.02. The van der Waals surface area contributed by atoms with Crippen molar-refractivity contribution in [1.82, 2.24) is 4.90 Å². The monoisotopic (exact) mass is 157 g/mol. The molecule has 0 aliphatic carbocycles. The zero-order valence-corrected chi connectivity index (χ0v) is 6.86. The summed E-state index contributed by atoms with van der Waals surface area (Å²) in [4.78, 5) is 12.3. The molecule has 1 saturated heterocycles. The third-order valence-electron chi connectivity index (χ3n) is 2.30. The number of aliphatic hydroxyl groups excluding tert-OH is 1. The summed E-state index contributed by atoms with van der Waals surface area (Å²) >= 11 is 0. The molecule has 3 heteroatoms. The molecule has 0 radical (unpaired) electrons. The zero-order chi connectivity index (χ0) is 8.27. The van der Waals surface area contributed by atoms with Crippen molar-refractivity contribution in [3.8, 4) is 0 Å². The van der Waals surface area contributed by atoms with Crippen molar-refractivity contribution in [2.24, 2.45) is 5.92 Å². The van der Waals surface area contributed by atoms with E-state index in [1.165, 1.54) is 0 Å². The lowest BCUT2D eigenvalue weighted by atomic mass is 9.93. The van der Waals surface area contributed by atoms with Crippen LogP contribution in [-0.2, 0) is 4.79 Å². The highest BCUT2D eigenvalue weighted by Crippen LogP contribution is 2.17. The minimum Gasteiger partial charge on any atom is -0.393 e. The Labute approximate surface area is 67.0 Å². The maximum Gasteiger partial charge on any atom is 0.120 e. The summed E-state index contributed by atoms with van der Waals surface area (Å²) < 4.78 is 0. The molecule has 1 rings (SSSR count). The normalized spacial score (nSPS) is 33.6. The lowest BCUT2D eigenvalue weighted by molar-refractivity contribution is -0.110. The molecular weight excluding hydrogens is 142 g/mol. The van der Waals surface area contributed by atoms with Crippen molar-refractivity contribution in [3.63, 3.8) is 0 Å². The van der Waals surface area contributed by atoms with Gasteiger partial charge in [0.2, 0.25) is 0 Å². The maximum atomic E-state index is 10.2. The molecule has 11 heavy (non-hydrogen) atoms. The number of rotatable bonds is 2. The molecule has 2 unspecified atom stereocenters. The van der Waals surface area contributed by atoms with E-state index >= 15 is 0 Å². The summed E-state index contributed by atoms with van der Waals surface area (Å²) in [6.07, 6.45) is 1.92. The number of carbonyl (C=O) groups excluding carboxylic acids is 1. The van der Waals surface area contributed by atoms with E-state index in [1.807, 2.05) is 7.05 Å². The standard InChI is InChI=1S/C8H15NO2/c1-9-4-2-8(11)7(6-9)3-5-10/h5,7-8,11H,2-4,6H2,1H3. The van der Waals surface area contributed by atoms with Gasteiger partial charge in [0, 0.05) is 25.4 Å². The van der Waals surface area contributed by atoms with Gasteiger partial charge in [-0.3, -0.25) is 0 Å². The van der Waals surface area contributed by atoms with Gasteiger partial charge in [0.1, 0.15) is 6.29 Å². The molecule has 0 spiro atoms. The van der Waals surface area contributed by atoms with Gasteiger partial charge >= 0.3 is 0 Å². The molecule has 64 valence electrons. The Morgan fingerprint density at radius 1 is 1.73 bits per heavy atom. The van der Waals surface area contributed by atoms with Crippen LogP contribution in [0.25, 0.3) is 0 Å². The summed E-state index contributed by atoms with van der Waals surface area (Å²) in [6, 6.07) is 0. The lowest BCUT2D eigenvalue weighted by Crippen LogP contribution is -2.41. The SMILES string of the molecule is CN1CCC(O)C(CC=O)C1. The quantitative estimate of drug-likeness (QED) is 0.568. The summed E-state index contributed by atoms with van der Waals surface area (Å²) in [5, 5.41) is 9.43. The number of hydrogen-bond donors (Lipinski definition) is 1. The van der Waals surface area contributed by atoms with E-state index in [9.17, 15) is 9.90 Å². The zero-order valence-electron chi connectivity index (χ0n) is 6.86. The molecule has 0 saturated carbocycles. The van der Waals surface area contributed by atoms with E-state index in [0.29, 0.717) is 6.42 Å². The van der Waals surface area contributed by atoms with Crippen molar-refractivity contribution in [1.29, 1.82) is 0 Å². The van der Waals surface area contributed by atoms with Gasteiger partial charge in [-0.15, -0.1) is 0 Å². The molecule has 0 amide bonds. The van der Waals surface area contributed by atoms with Crippen molar-refractivity contribution in [3.05, 3.63) is 0 Å². The average Bonchev–Trinajstić information content (AvgIpc) is 1.98. The van der Waals surface area contributed by atoms with Gasteiger partial charge in [-0.2, -0.15) is 0 Å². The summed E-state index contributed by atoms with van der Waals surface area (Å²) in [5.41, 5.74) is 0. The van der Waals surface area contributed by atoms with Crippen LogP contribution < -0.4 is 0 Å². The molecule has 1 heterocycles. The highest BCUT2D eigenvalue weighted by molar-refractivity contribution is 5.49. The van der Waals surface area contributed by atoms with Crippen molar-refractivity contribution < 1.29 is 9.90 Å². The molecule has 0 aromatic rings. The van der Waals surface area contributed by atoms with Gasteiger partial charge < -0.3 is 14.8 Å². The molecule has 1 aliphatic heterocycles. The maximum absolute atomic E-state index is 10.2. The molecule has 2 atom stereocenters. The molecule has 0 aromatic carbocycles. The Morgan fingerprint density at radius 3 is 3.09 bits per heavy atom. The molecular formula is C8H15NO2. The van der Waals surface area contributed by atoms with Crippen molar-refractivity contribution >= 4 is 6.29 Å². The van der Waals surface area contributed by atoms with Crippen molar-refractivity contribution in [2.45, 2.75) is 18.9 Å². The van der Waals surface area contributed by atoms with E-state index < -0.39 is 0 Å². The first kappa shape index (κ1) is 8.68. The average molecular weight is 157 g/mol. The predicted octanol–water partition coefficient (Wildman–Crippen LogP) is -0.112. The van der Waals surface area contributed by atoms with Gasteiger partial charge in [-0.25, -0.2) is 0 Å². The second-order valence-electron chi connectivity index (χ2n) is 3.28. The summed E-state index contributed by atoms with van der Waals surface area (Å²) in [5.74, 6) is 0.159. The second kappa shape index (κ2) is 3.83. The molecule has 0 bridgehead atoms. The minimum absolute atomic E-state index is 0.159. The van der Waals surface area contributed by atoms with Gasteiger partial charge in [0.25, 0.3) is 0 Å². The predicted molar refractivity (Wildman–Crippen MR) is 42.3 cm³/mol. The Morgan fingerprint density at radius 2 is 2.45 bits per heavy atom. The number of aliphatic hydroxyl groups is 1. The van der Waals surface area contributed by atoms with Crippen molar-refractivity contribution in [2.75, 3.05) is 20.1 Å². The third kappa shape index (κ3) is 2.27. The smallest absolute Gasteiger partial charge is 0.120 e. The first-order chi connectivity index (χ1) is 5.24. The van der Waals surface area contributed by atoms with E-state index in [1.54, 1.807) is 0 Å². The first-order valence-corrected chi connectivity index (χ1v) is 4.04. The fourth-order valence-corrected chi connectivity index (χ4v) is 1.56. The molecule has 1 N–H and O–H groups in total. The number of carbonyl (C=O) groups is 1. The van der Waals surface area contributed by atoms with Gasteiger partial charge in [-0.1, -0.05) is 0 Å². The topological polar surface area (TPSA) is 40.5 Å². The fraction of sp³-hybridized carbons (Fsp3) is 0.875. The number of aldehydes is 1. The van der Waals surface area contributed by atoms with Crippen LogP contribution in [0.4, 0.5) is 0 Å². The van der Waals surface area contributed by atoms with Crippen LogP contribution in [0.15, 0.2) is 0 Å². The van der Waals surface area contributed by atoms with Gasteiger partial charge in [0.05, 0.1) is 6.10 Å². The summed E-state index contributed by atoms with van der Waals surface area (Å²) in [6.45, 7) is 1.79. The molecule has 0 aromatic heterocycles. The molecule has 3 nitrogen and oxygen atoms in total. The van der Waals surface area contributed by atoms with Crippen LogP contribution >= 0.6 is 0 Å². The van der Waals surface area contributed by atoms with Gasteiger partial charge in [-0.05, 0) is 13.5 Å². The number of likely N-dealkylation sites (tertiary alicyclic amines) is 1. The van der Waals surface area contributed by atoms with E-state index in [0.717, 1.165) is 25.8 Å². The molecule has 1 fully saturated rings. The number of piperidine rings is 1. The second-order valence-corrected chi connectivity index (χ2v) is 3.28. The highest BCUT2D eigenvalue weighted by atomic mass is 16.3. The van der Waals surface area contributed by atoms with Gasteiger partial charge in [0.15, 0.2) is 0 Å². The number of hydrogen-bond acceptors (Lipinski definition) is 3. The largest absolute Gasteiger partial charge is 0.393 e. The fourth-order valence-electron chi connectivity index (χ4n) is 1.56. The van der Waals surface area contributed by atoms with Crippen LogP contribution in [0.5, 0.6) is 0 Å². The van der Waals surface area contributed by atoms with Crippen LogP contribution in [0.3, 0.4) is 0 Å². The Bertz CT molecular complexity index is 138. The number of nitrogens with zero attached hydrogens (tertiary/aromatic N) is 1. The Balaban J connectivity index is 2.40. The first-order valence-electron chi connectivity index (χ1n) is 4.04.